The van der Waals surface area contributed by atoms with E-state index in [1.165, 1.54) is 6.07 Å². The Bertz CT molecular complexity index is 560. The Morgan fingerprint density at radius 3 is 2.86 bits per heavy atom. The average molecular weight is 209 g/mol. The maximum absolute atomic E-state index is 11.2. The van der Waals surface area contributed by atoms with Crippen LogP contribution in [0.2, 0.25) is 5.02 Å². The number of aryl methyl sites for hydroxylation is 1. The van der Waals surface area contributed by atoms with Gasteiger partial charge in [0.05, 0.1) is 16.2 Å². The summed E-state index contributed by atoms with van der Waals surface area (Å²) < 4.78 is 0. The lowest BCUT2D eigenvalue weighted by Gasteiger charge is -2.06. The molecule has 0 saturated carbocycles. The molecule has 0 amide bonds. The molecule has 1 aromatic carbocycles. The molecule has 4 heteroatoms. The van der Waals surface area contributed by atoms with Gasteiger partial charge in [-0.2, -0.15) is 0 Å². The third-order valence-electron chi connectivity index (χ3n) is 2.19. The second kappa shape index (κ2) is 3.03. The standard InChI is InChI=1S/C10H9ClN2O/c1-5-4-8(14)13-7-3-2-6(11)10(12)9(5)7/h2-4H,12H2,1H3,(H,13,14). The van der Waals surface area contributed by atoms with Crippen LogP contribution in [-0.4, -0.2) is 4.98 Å². The second-order valence-corrected chi connectivity index (χ2v) is 3.61. The minimum atomic E-state index is -0.128. The Labute approximate surface area is 85.5 Å². The Morgan fingerprint density at radius 2 is 2.14 bits per heavy atom. The first-order valence-corrected chi connectivity index (χ1v) is 4.55. The molecule has 3 N–H and O–H groups in total. The van der Waals surface area contributed by atoms with Crippen molar-refractivity contribution in [3.05, 3.63) is 39.1 Å². The van der Waals surface area contributed by atoms with Gasteiger partial charge in [0, 0.05) is 11.5 Å². The average Bonchev–Trinajstić information content (AvgIpc) is 2.10. The van der Waals surface area contributed by atoms with Crippen LogP contribution in [0.3, 0.4) is 0 Å². The zero-order valence-electron chi connectivity index (χ0n) is 7.60. The molecule has 0 spiro atoms. The summed E-state index contributed by atoms with van der Waals surface area (Å²) in [6, 6.07) is 4.94. The van der Waals surface area contributed by atoms with E-state index in [1.54, 1.807) is 12.1 Å². The highest BCUT2D eigenvalue weighted by atomic mass is 35.5. The maximum atomic E-state index is 11.2. The van der Waals surface area contributed by atoms with E-state index in [0.29, 0.717) is 10.7 Å². The molecule has 0 atom stereocenters. The summed E-state index contributed by atoms with van der Waals surface area (Å²) >= 11 is 5.88. The summed E-state index contributed by atoms with van der Waals surface area (Å²) in [4.78, 5) is 13.9. The molecule has 0 bridgehead atoms. The third-order valence-corrected chi connectivity index (χ3v) is 2.52. The van der Waals surface area contributed by atoms with Crippen molar-refractivity contribution >= 4 is 28.2 Å². The van der Waals surface area contributed by atoms with E-state index >= 15 is 0 Å². The zero-order chi connectivity index (χ0) is 10.3. The Morgan fingerprint density at radius 1 is 1.43 bits per heavy atom. The van der Waals surface area contributed by atoms with Gasteiger partial charge in [0.25, 0.3) is 0 Å². The number of fused-ring (bicyclic) bond motifs is 1. The fraction of sp³-hybridized carbons (Fsp3) is 0.100. The fourth-order valence-corrected chi connectivity index (χ4v) is 1.72. The molecule has 2 rings (SSSR count). The molecular formula is C10H9ClN2O. The van der Waals surface area contributed by atoms with Crippen molar-refractivity contribution in [2.45, 2.75) is 6.92 Å². The molecule has 1 aromatic heterocycles. The van der Waals surface area contributed by atoms with Gasteiger partial charge in [-0.15, -0.1) is 0 Å². The van der Waals surface area contributed by atoms with E-state index in [2.05, 4.69) is 4.98 Å². The van der Waals surface area contributed by atoms with Gasteiger partial charge in [0.1, 0.15) is 0 Å². The van der Waals surface area contributed by atoms with Crippen LogP contribution in [0.4, 0.5) is 5.69 Å². The smallest absolute Gasteiger partial charge is 0.248 e. The molecule has 0 fully saturated rings. The largest absolute Gasteiger partial charge is 0.397 e. The van der Waals surface area contributed by atoms with Gasteiger partial charge in [-0.1, -0.05) is 11.6 Å². The maximum Gasteiger partial charge on any atom is 0.248 e. The van der Waals surface area contributed by atoms with Crippen LogP contribution in [-0.2, 0) is 0 Å². The summed E-state index contributed by atoms with van der Waals surface area (Å²) in [7, 11) is 0. The van der Waals surface area contributed by atoms with Gasteiger partial charge >= 0.3 is 0 Å². The minimum Gasteiger partial charge on any atom is -0.397 e. The Kier molecular flexibility index (Phi) is 1.97. The topological polar surface area (TPSA) is 58.9 Å². The molecule has 1 heterocycles. The zero-order valence-corrected chi connectivity index (χ0v) is 8.35. The number of aromatic nitrogens is 1. The number of hydrogen-bond acceptors (Lipinski definition) is 2. The normalized spacial score (nSPS) is 10.7. The molecule has 0 unspecified atom stereocenters. The van der Waals surface area contributed by atoms with E-state index in [4.69, 9.17) is 17.3 Å². The van der Waals surface area contributed by atoms with Gasteiger partial charge in [-0.05, 0) is 24.6 Å². The van der Waals surface area contributed by atoms with Gasteiger partial charge in [-0.25, -0.2) is 0 Å². The van der Waals surface area contributed by atoms with Crippen LogP contribution in [0.1, 0.15) is 5.56 Å². The second-order valence-electron chi connectivity index (χ2n) is 3.20. The van der Waals surface area contributed by atoms with Crippen LogP contribution in [0.15, 0.2) is 23.0 Å². The van der Waals surface area contributed by atoms with Crippen molar-refractivity contribution in [3.8, 4) is 0 Å². The summed E-state index contributed by atoms with van der Waals surface area (Å²) in [5, 5.41) is 1.32. The lowest BCUT2D eigenvalue weighted by atomic mass is 10.1. The van der Waals surface area contributed by atoms with Gasteiger partial charge < -0.3 is 10.7 Å². The number of H-pyrrole nitrogens is 1. The highest BCUT2D eigenvalue weighted by Gasteiger charge is 2.05. The van der Waals surface area contributed by atoms with E-state index in [1.807, 2.05) is 6.92 Å². The molecule has 0 aliphatic heterocycles. The number of nitrogens with two attached hydrogens (primary N) is 1. The van der Waals surface area contributed by atoms with E-state index in [-0.39, 0.29) is 5.56 Å². The Balaban J connectivity index is 3.03. The molecule has 0 saturated heterocycles. The number of benzene rings is 1. The quantitative estimate of drug-likeness (QED) is 0.652. The van der Waals surface area contributed by atoms with E-state index < -0.39 is 0 Å². The first-order chi connectivity index (χ1) is 6.59. The van der Waals surface area contributed by atoms with Crippen LogP contribution in [0, 0.1) is 6.92 Å². The SMILES string of the molecule is Cc1cc(=O)[nH]c2ccc(Cl)c(N)c12. The predicted molar refractivity (Wildman–Crippen MR) is 58.7 cm³/mol. The van der Waals surface area contributed by atoms with Crippen molar-refractivity contribution in [2.75, 3.05) is 5.73 Å². The van der Waals surface area contributed by atoms with Crippen LogP contribution >= 0.6 is 11.6 Å². The summed E-state index contributed by atoms with van der Waals surface area (Å²) in [6.45, 7) is 1.84. The molecule has 72 valence electrons. The van der Waals surface area contributed by atoms with Gasteiger partial charge in [0.15, 0.2) is 0 Å². The van der Waals surface area contributed by atoms with Crippen LogP contribution in [0.25, 0.3) is 10.9 Å². The number of halogens is 1. The summed E-state index contributed by atoms with van der Waals surface area (Å²) in [6.07, 6.45) is 0. The lowest BCUT2D eigenvalue weighted by molar-refractivity contribution is 1.28. The van der Waals surface area contributed by atoms with Crippen molar-refractivity contribution in [3.63, 3.8) is 0 Å². The monoisotopic (exact) mass is 208 g/mol. The van der Waals surface area contributed by atoms with Crippen molar-refractivity contribution < 1.29 is 0 Å². The van der Waals surface area contributed by atoms with E-state index in [9.17, 15) is 4.79 Å². The number of aromatic amines is 1. The minimum absolute atomic E-state index is 0.128. The predicted octanol–water partition coefficient (Wildman–Crippen LogP) is 2.07. The first kappa shape index (κ1) is 9.09. The number of pyridine rings is 1. The Hall–Kier alpha value is -1.48. The van der Waals surface area contributed by atoms with Gasteiger partial charge in [-0.3, -0.25) is 4.79 Å². The number of hydrogen-bond donors (Lipinski definition) is 2. The van der Waals surface area contributed by atoms with Crippen molar-refractivity contribution in [1.82, 2.24) is 4.98 Å². The number of anilines is 1. The highest BCUT2D eigenvalue weighted by molar-refractivity contribution is 6.34. The molecule has 0 radical (unpaired) electrons. The summed E-state index contributed by atoms with van der Waals surface area (Å²) in [5.41, 5.74) is 7.76. The first-order valence-electron chi connectivity index (χ1n) is 4.17. The molecule has 2 aromatic rings. The highest BCUT2D eigenvalue weighted by Crippen LogP contribution is 2.28. The van der Waals surface area contributed by atoms with Crippen molar-refractivity contribution in [1.29, 1.82) is 0 Å². The molecule has 0 aliphatic rings. The van der Waals surface area contributed by atoms with E-state index in [0.717, 1.165) is 16.5 Å². The van der Waals surface area contributed by atoms with Crippen LogP contribution in [0.5, 0.6) is 0 Å². The van der Waals surface area contributed by atoms with Gasteiger partial charge in [0.2, 0.25) is 5.56 Å². The number of nitrogen functional groups attached to an aromatic ring is 1. The molecular weight excluding hydrogens is 200 g/mol. The third kappa shape index (κ3) is 1.26. The lowest BCUT2D eigenvalue weighted by Crippen LogP contribution is -2.06. The molecule has 3 nitrogen and oxygen atoms in total. The number of rotatable bonds is 0. The van der Waals surface area contributed by atoms with Crippen LogP contribution < -0.4 is 11.3 Å². The molecule has 14 heavy (non-hydrogen) atoms. The fourth-order valence-electron chi connectivity index (χ4n) is 1.56. The molecule has 0 aliphatic carbocycles. The van der Waals surface area contributed by atoms with Crippen molar-refractivity contribution in [2.24, 2.45) is 0 Å². The summed E-state index contributed by atoms with van der Waals surface area (Å²) in [5.74, 6) is 0. The number of nitrogens with one attached hydrogen (secondary N) is 1.